The lowest BCUT2D eigenvalue weighted by Crippen LogP contribution is -2.41. The molecule has 1 aliphatic heterocycles. The monoisotopic (exact) mass is 359 g/mol. The van der Waals surface area contributed by atoms with Crippen LogP contribution in [0.1, 0.15) is 36.1 Å². The number of halogens is 1. The zero-order chi connectivity index (χ0) is 17.8. The average molecular weight is 360 g/mol. The second kappa shape index (κ2) is 7.91. The molecule has 0 bridgehead atoms. The molecule has 0 saturated heterocycles. The molecule has 2 aromatic rings. The van der Waals surface area contributed by atoms with Crippen LogP contribution in [0, 0.1) is 6.92 Å². The molecule has 2 heterocycles. The van der Waals surface area contributed by atoms with E-state index in [1.54, 1.807) is 0 Å². The fraction of sp³-hybridized carbons (Fsp3) is 0.474. The third-order valence-electron chi connectivity index (χ3n) is 4.86. The number of nitrogens with zero attached hydrogens (tertiary/aromatic N) is 3. The number of aryl methyl sites for hydroxylation is 3. The number of aromatic nitrogens is 2. The van der Waals surface area contributed by atoms with E-state index in [4.69, 9.17) is 23.1 Å². The number of fused-ring (bicyclic) bond motifs is 1. The van der Waals surface area contributed by atoms with E-state index in [-0.39, 0.29) is 5.95 Å². The molecule has 1 unspecified atom stereocenters. The Bertz CT molecular complexity index is 716. The highest BCUT2D eigenvalue weighted by molar-refractivity contribution is 6.17. The quantitative estimate of drug-likeness (QED) is 0.773. The number of rotatable bonds is 6. The summed E-state index contributed by atoms with van der Waals surface area (Å²) in [6, 6.07) is 9.20. The van der Waals surface area contributed by atoms with Gasteiger partial charge >= 0.3 is 0 Å². The molecule has 4 N–H and O–H groups in total. The van der Waals surface area contributed by atoms with E-state index < -0.39 is 0 Å². The Morgan fingerprint density at radius 1 is 1.20 bits per heavy atom. The Morgan fingerprint density at radius 3 is 2.68 bits per heavy atom. The Morgan fingerprint density at radius 2 is 1.96 bits per heavy atom. The molecule has 0 fully saturated rings. The molecule has 3 rings (SSSR count). The van der Waals surface area contributed by atoms with E-state index >= 15 is 0 Å². The van der Waals surface area contributed by atoms with Crippen molar-refractivity contribution in [3.63, 3.8) is 0 Å². The van der Waals surface area contributed by atoms with Gasteiger partial charge in [0, 0.05) is 18.5 Å². The smallest absolute Gasteiger partial charge is 0.222 e. The lowest BCUT2D eigenvalue weighted by Gasteiger charge is -2.39. The first kappa shape index (κ1) is 17.8. The Hall–Kier alpha value is -2.01. The largest absolute Gasteiger partial charge is 0.382 e. The Kier molecular flexibility index (Phi) is 5.63. The molecule has 0 amide bonds. The van der Waals surface area contributed by atoms with Crippen molar-refractivity contribution in [2.75, 3.05) is 28.8 Å². The molecule has 0 radical (unpaired) electrons. The topological polar surface area (TPSA) is 81.1 Å². The molecule has 1 aromatic carbocycles. The summed E-state index contributed by atoms with van der Waals surface area (Å²) in [5.74, 6) is 1.37. The zero-order valence-electron chi connectivity index (χ0n) is 14.7. The minimum atomic E-state index is 0.256. The summed E-state index contributed by atoms with van der Waals surface area (Å²) in [7, 11) is 0. The maximum absolute atomic E-state index is 6.18. The van der Waals surface area contributed by atoms with Crippen molar-refractivity contribution < 1.29 is 0 Å². The average Bonchev–Trinajstić information content (AvgIpc) is 2.59. The summed E-state index contributed by atoms with van der Waals surface area (Å²) in [5, 5.41) is 0. The molecule has 0 saturated carbocycles. The number of hydrogen-bond donors (Lipinski definition) is 2. The van der Waals surface area contributed by atoms with Crippen LogP contribution in [-0.4, -0.2) is 28.4 Å². The summed E-state index contributed by atoms with van der Waals surface area (Å²) in [6.07, 6.45) is 4.98. The van der Waals surface area contributed by atoms with Gasteiger partial charge in [-0.2, -0.15) is 4.98 Å². The second-order valence-electron chi connectivity index (χ2n) is 6.72. The molecular weight excluding hydrogens is 334 g/mol. The van der Waals surface area contributed by atoms with Gasteiger partial charge in [-0.3, -0.25) is 0 Å². The number of benzene rings is 1. The number of anilines is 3. The lowest BCUT2D eigenvalue weighted by molar-refractivity contribution is 0.489. The van der Waals surface area contributed by atoms with Crippen LogP contribution in [0.5, 0.6) is 0 Å². The van der Waals surface area contributed by atoms with Crippen molar-refractivity contribution in [1.29, 1.82) is 0 Å². The van der Waals surface area contributed by atoms with Crippen molar-refractivity contribution in [1.82, 2.24) is 9.97 Å². The summed E-state index contributed by atoms with van der Waals surface area (Å²) < 4.78 is 0. The Balaban J connectivity index is 1.79. The number of nitrogen functional groups attached to an aromatic ring is 2. The first-order chi connectivity index (χ1) is 12.1. The predicted octanol–water partition coefficient (Wildman–Crippen LogP) is 3.33. The maximum atomic E-state index is 6.18. The van der Waals surface area contributed by atoms with Crippen molar-refractivity contribution in [2.24, 2.45) is 0 Å². The number of hydrogen-bond acceptors (Lipinski definition) is 5. The molecular formula is C19H26ClN5. The third kappa shape index (κ3) is 4.15. The molecule has 1 aromatic heterocycles. The fourth-order valence-corrected chi connectivity index (χ4v) is 3.70. The summed E-state index contributed by atoms with van der Waals surface area (Å²) in [5.41, 5.74) is 16.5. The van der Waals surface area contributed by atoms with Gasteiger partial charge in [-0.1, -0.05) is 29.8 Å². The van der Waals surface area contributed by atoms with Gasteiger partial charge in [-0.25, -0.2) is 4.98 Å². The van der Waals surface area contributed by atoms with Gasteiger partial charge in [0.25, 0.3) is 0 Å². The van der Waals surface area contributed by atoms with Crippen LogP contribution in [0.25, 0.3) is 0 Å². The van der Waals surface area contributed by atoms with Crippen LogP contribution >= 0.6 is 11.6 Å². The SMILES string of the molecule is Cc1ccc(CCC2CCc3nc(N)nc(N)c3N2CCCCl)cc1. The highest BCUT2D eigenvalue weighted by atomic mass is 35.5. The van der Waals surface area contributed by atoms with Gasteiger partial charge in [0.05, 0.1) is 5.69 Å². The van der Waals surface area contributed by atoms with Crippen molar-refractivity contribution in [3.8, 4) is 0 Å². The number of alkyl halides is 1. The maximum Gasteiger partial charge on any atom is 0.222 e. The minimum absolute atomic E-state index is 0.256. The van der Waals surface area contributed by atoms with E-state index in [2.05, 4.69) is 46.1 Å². The van der Waals surface area contributed by atoms with Crippen LogP contribution < -0.4 is 16.4 Å². The number of nitrogens with two attached hydrogens (primary N) is 2. The van der Waals surface area contributed by atoms with Crippen LogP contribution in [-0.2, 0) is 12.8 Å². The summed E-state index contributed by atoms with van der Waals surface area (Å²) in [6.45, 7) is 2.98. The molecule has 6 heteroatoms. The van der Waals surface area contributed by atoms with Gasteiger partial charge in [-0.05, 0) is 44.6 Å². The highest BCUT2D eigenvalue weighted by Gasteiger charge is 2.29. The minimum Gasteiger partial charge on any atom is -0.382 e. The van der Waals surface area contributed by atoms with E-state index in [0.29, 0.717) is 17.7 Å². The molecule has 25 heavy (non-hydrogen) atoms. The van der Waals surface area contributed by atoms with Crippen molar-refractivity contribution >= 4 is 29.1 Å². The van der Waals surface area contributed by atoms with E-state index in [1.807, 2.05) is 0 Å². The summed E-state index contributed by atoms with van der Waals surface area (Å²) >= 11 is 5.94. The van der Waals surface area contributed by atoms with Gasteiger partial charge in [-0.15, -0.1) is 11.6 Å². The van der Waals surface area contributed by atoms with Crippen molar-refractivity contribution in [2.45, 2.75) is 45.1 Å². The normalized spacial score (nSPS) is 16.7. The van der Waals surface area contributed by atoms with Crippen LogP contribution in [0.2, 0.25) is 0 Å². The second-order valence-corrected chi connectivity index (χ2v) is 7.09. The van der Waals surface area contributed by atoms with E-state index in [0.717, 1.165) is 50.0 Å². The lowest BCUT2D eigenvalue weighted by atomic mass is 9.94. The highest BCUT2D eigenvalue weighted by Crippen LogP contribution is 2.35. The zero-order valence-corrected chi connectivity index (χ0v) is 15.5. The Labute approximate surface area is 154 Å². The van der Waals surface area contributed by atoms with Crippen LogP contribution in [0.4, 0.5) is 17.5 Å². The fourth-order valence-electron chi connectivity index (χ4n) is 3.58. The van der Waals surface area contributed by atoms with Crippen molar-refractivity contribution in [3.05, 3.63) is 41.1 Å². The van der Waals surface area contributed by atoms with E-state index in [9.17, 15) is 0 Å². The third-order valence-corrected chi connectivity index (χ3v) is 5.13. The predicted molar refractivity (Wildman–Crippen MR) is 105 cm³/mol. The van der Waals surface area contributed by atoms with Gasteiger partial charge in [0.2, 0.25) is 5.95 Å². The molecule has 0 aliphatic carbocycles. The van der Waals surface area contributed by atoms with Gasteiger partial charge in [0.1, 0.15) is 5.69 Å². The van der Waals surface area contributed by atoms with Gasteiger partial charge < -0.3 is 16.4 Å². The molecule has 5 nitrogen and oxygen atoms in total. The summed E-state index contributed by atoms with van der Waals surface area (Å²) in [4.78, 5) is 10.9. The van der Waals surface area contributed by atoms with Crippen LogP contribution in [0.15, 0.2) is 24.3 Å². The van der Waals surface area contributed by atoms with E-state index in [1.165, 1.54) is 11.1 Å². The first-order valence-electron chi connectivity index (χ1n) is 8.88. The molecule has 1 aliphatic rings. The molecule has 1 atom stereocenters. The van der Waals surface area contributed by atoms with Gasteiger partial charge in [0.15, 0.2) is 5.82 Å². The molecule has 0 spiro atoms. The van der Waals surface area contributed by atoms with Crippen LogP contribution in [0.3, 0.4) is 0 Å². The standard InChI is InChI=1S/C19H26ClN5/c1-13-3-5-14(6-4-13)7-8-15-9-10-16-17(25(15)12-2-11-20)18(21)24-19(22)23-16/h3-6,15H,2,7-12H2,1H3,(H4,21,22,23,24). The molecule has 134 valence electrons. The first-order valence-corrected chi connectivity index (χ1v) is 9.42.